The summed E-state index contributed by atoms with van der Waals surface area (Å²) in [5, 5.41) is 3.14. The first-order chi connectivity index (χ1) is 6.67. The first-order valence-corrected chi connectivity index (χ1v) is 6.07. The maximum atomic E-state index is 11.1. The molecule has 1 saturated heterocycles. The minimum absolute atomic E-state index is 0.141. The molecule has 1 heterocycles. The van der Waals surface area contributed by atoms with Gasteiger partial charge in [-0.25, -0.2) is 4.21 Å². The molecule has 1 aliphatic heterocycles. The predicted octanol–water partition coefficient (Wildman–Crippen LogP) is -0.635. The smallest absolute Gasteiger partial charge is 0.218 e. The van der Waals surface area contributed by atoms with Crippen LogP contribution in [0.3, 0.4) is 0 Å². The zero-order valence-corrected chi connectivity index (χ0v) is 8.89. The van der Waals surface area contributed by atoms with E-state index in [4.69, 9.17) is 0 Å². The molecule has 4 nitrogen and oxygen atoms in total. The van der Waals surface area contributed by atoms with Crippen molar-refractivity contribution in [3.63, 3.8) is 0 Å². The fraction of sp³-hybridized carbons (Fsp3) is 0.556. The number of nitrogens with one attached hydrogen (secondary N) is 2. The number of hydrogen-bond donors (Lipinski definition) is 2. The van der Waals surface area contributed by atoms with Gasteiger partial charge in [0.1, 0.15) is 0 Å². The molecule has 1 saturated carbocycles. The van der Waals surface area contributed by atoms with Crippen molar-refractivity contribution in [3.05, 3.63) is 0 Å². The van der Waals surface area contributed by atoms with Crippen LogP contribution in [0.4, 0.5) is 0 Å². The molecule has 2 aliphatic rings. The Morgan fingerprint density at radius 3 is 2.07 bits per heavy atom. The lowest BCUT2D eigenvalue weighted by Crippen LogP contribution is -2.25. The zero-order valence-electron chi connectivity index (χ0n) is 8.07. The Hall–Kier alpha value is -0.990. The summed E-state index contributed by atoms with van der Waals surface area (Å²) < 4.78 is 13.3. The minimum atomic E-state index is -2.26. The van der Waals surface area contributed by atoms with E-state index < -0.39 is 9.71 Å². The maximum Gasteiger partial charge on any atom is 0.218 e. The molecule has 14 heavy (non-hydrogen) atoms. The van der Waals surface area contributed by atoms with Crippen molar-refractivity contribution >= 4 is 22.0 Å². The lowest BCUT2D eigenvalue weighted by molar-refractivity contribution is -0.108. The monoisotopic (exact) mass is 216 g/mol. The van der Waals surface area contributed by atoms with Gasteiger partial charge in [0, 0.05) is 18.3 Å². The second kappa shape index (κ2) is 6.46. The highest BCUT2D eigenvalue weighted by Gasteiger charge is 2.30. The maximum absolute atomic E-state index is 11.1. The van der Waals surface area contributed by atoms with Crippen molar-refractivity contribution in [1.82, 2.24) is 10.0 Å². The average molecular weight is 216 g/mol. The van der Waals surface area contributed by atoms with Crippen LogP contribution >= 0.6 is 0 Å². The second-order valence-corrected chi connectivity index (χ2v) is 5.27. The molecule has 1 aliphatic carbocycles. The van der Waals surface area contributed by atoms with Gasteiger partial charge in [0.15, 0.2) is 0 Å². The van der Waals surface area contributed by atoms with Crippen LogP contribution in [0.5, 0.6) is 0 Å². The van der Waals surface area contributed by atoms with Crippen LogP contribution in [-0.4, -0.2) is 34.8 Å². The molecule has 2 N–H and O–H groups in total. The zero-order chi connectivity index (χ0) is 11.0. The van der Waals surface area contributed by atoms with Crippen LogP contribution < -0.4 is 10.0 Å². The lowest BCUT2D eigenvalue weighted by Gasteiger charge is -2.02. The molecular weight excluding hydrogens is 200 g/mol. The Morgan fingerprint density at radius 2 is 1.86 bits per heavy atom. The number of amides is 1. The fourth-order valence-electron chi connectivity index (χ4n) is 0.626. The number of terminal acetylenes is 1. The van der Waals surface area contributed by atoms with E-state index in [1.807, 2.05) is 0 Å². The molecule has 1 amide bonds. The van der Waals surface area contributed by atoms with E-state index in [0.29, 0.717) is 6.41 Å². The van der Waals surface area contributed by atoms with Gasteiger partial charge in [-0.15, -0.1) is 12.8 Å². The van der Waals surface area contributed by atoms with Crippen molar-refractivity contribution in [2.75, 3.05) is 13.1 Å². The first kappa shape index (κ1) is 13.0. The van der Waals surface area contributed by atoms with E-state index in [9.17, 15) is 9.00 Å². The highest BCUT2D eigenvalue weighted by Crippen LogP contribution is 2.26. The molecule has 80 valence electrons. The molecule has 0 radical (unpaired) electrons. The summed E-state index contributed by atoms with van der Waals surface area (Å²) in [5.41, 5.74) is 0. The highest BCUT2D eigenvalue weighted by molar-refractivity contribution is 7.99. The Bertz CT molecular complexity index is 274. The van der Waals surface area contributed by atoms with Crippen LogP contribution in [0, 0.1) is 12.8 Å². The van der Waals surface area contributed by atoms with Gasteiger partial charge >= 0.3 is 0 Å². The van der Waals surface area contributed by atoms with Crippen molar-refractivity contribution < 1.29 is 9.00 Å². The molecule has 2 fully saturated rings. The van der Waals surface area contributed by atoms with Crippen LogP contribution in [0.1, 0.15) is 12.8 Å². The van der Waals surface area contributed by atoms with E-state index in [1.165, 1.54) is 13.1 Å². The predicted molar refractivity (Wildman–Crippen MR) is 60.2 cm³/mol. The van der Waals surface area contributed by atoms with Gasteiger partial charge in [-0.3, -0.25) is 9.52 Å². The van der Waals surface area contributed by atoms with Crippen LogP contribution in [0.25, 0.3) is 0 Å². The Morgan fingerprint density at radius 1 is 1.43 bits per heavy atom. The molecule has 0 bridgehead atoms. The summed E-state index contributed by atoms with van der Waals surface area (Å²) >= 11 is 0. The van der Waals surface area contributed by atoms with Gasteiger partial charge in [0.25, 0.3) is 0 Å². The Labute approximate surface area is 85.6 Å². The van der Waals surface area contributed by atoms with Crippen molar-refractivity contribution in [2.45, 2.75) is 18.1 Å². The van der Waals surface area contributed by atoms with E-state index in [0.717, 1.165) is 12.8 Å². The van der Waals surface area contributed by atoms with E-state index in [1.54, 1.807) is 0 Å². The van der Waals surface area contributed by atoms with Gasteiger partial charge in [-0.1, -0.05) is 0 Å². The molecule has 2 rings (SSSR count). The van der Waals surface area contributed by atoms with Crippen molar-refractivity contribution in [1.29, 1.82) is 0 Å². The standard InChI is InChI=1S/C5H9NO2S.C2H5N.C2H2/c1-9(8,6-4-7)5-2-3-5;1-2-3-1;1-2/h4-5H,1-3H2,(H,6,7,8);3H,1-2H2;1-2H. The first-order valence-electron chi connectivity index (χ1n) is 4.28. The van der Waals surface area contributed by atoms with Gasteiger partial charge in [0.2, 0.25) is 6.41 Å². The van der Waals surface area contributed by atoms with E-state index in [2.05, 4.69) is 28.8 Å². The summed E-state index contributed by atoms with van der Waals surface area (Å²) in [6.07, 6.45) is 10.3. The van der Waals surface area contributed by atoms with Crippen LogP contribution in [0.15, 0.2) is 0 Å². The SMILES string of the molecule is C#C.C1CN1.C=S(=O)(NC=O)C1CC1. The van der Waals surface area contributed by atoms with Gasteiger partial charge in [-0.2, -0.15) is 0 Å². The third-order valence-corrected chi connectivity index (χ3v) is 3.60. The fourth-order valence-corrected chi connectivity index (χ4v) is 1.88. The topological polar surface area (TPSA) is 68.1 Å². The lowest BCUT2D eigenvalue weighted by atomic mass is 11.0. The number of carbonyl (C=O) groups excluding carboxylic acids is 1. The summed E-state index contributed by atoms with van der Waals surface area (Å²) in [6.45, 7) is 2.50. The van der Waals surface area contributed by atoms with Gasteiger partial charge < -0.3 is 5.32 Å². The van der Waals surface area contributed by atoms with Gasteiger partial charge in [0.05, 0.1) is 9.71 Å². The summed E-state index contributed by atoms with van der Waals surface area (Å²) in [4.78, 5) is 9.82. The summed E-state index contributed by atoms with van der Waals surface area (Å²) in [5.74, 6) is 3.41. The third-order valence-electron chi connectivity index (χ3n) is 1.56. The molecule has 0 aromatic rings. The Kier molecular flexibility index (Phi) is 6.00. The molecular formula is C9H16N2O2S. The second-order valence-electron chi connectivity index (χ2n) is 2.91. The molecule has 0 spiro atoms. The largest absolute Gasteiger partial charge is 0.314 e. The molecule has 0 aromatic carbocycles. The van der Waals surface area contributed by atoms with Crippen LogP contribution in [0.2, 0.25) is 0 Å². The number of rotatable bonds is 3. The molecule has 1 atom stereocenters. The van der Waals surface area contributed by atoms with Gasteiger partial charge in [-0.05, 0) is 18.7 Å². The normalized spacial score (nSPS) is 21.0. The van der Waals surface area contributed by atoms with Crippen LogP contribution in [-0.2, 0) is 14.5 Å². The quantitative estimate of drug-likeness (QED) is 0.285. The van der Waals surface area contributed by atoms with E-state index >= 15 is 0 Å². The summed E-state index contributed by atoms with van der Waals surface area (Å²) in [6, 6.07) is 0. The molecule has 1 unspecified atom stereocenters. The molecule has 0 aromatic heterocycles. The number of carbonyl (C=O) groups is 1. The highest BCUT2D eigenvalue weighted by atomic mass is 32.2. The minimum Gasteiger partial charge on any atom is -0.314 e. The third kappa shape index (κ3) is 6.52. The number of hydrogen-bond acceptors (Lipinski definition) is 3. The average Bonchev–Trinajstić information content (AvgIpc) is 2.99. The summed E-state index contributed by atoms with van der Waals surface area (Å²) in [7, 11) is -2.26. The van der Waals surface area contributed by atoms with Crippen molar-refractivity contribution in [3.8, 4) is 12.8 Å². The van der Waals surface area contributed by atoms with E-state index in [-0.39, 0.29) is 5.25 Å². The van der Waals surface area contributed by atoms with Crippen molar-refractivity contribution in [2.24, 2.45) is 0 Å². The Balaban J connectivity index is 0.000000280. The molecule has 5 heteroatoms.